The summed E-state index contributed by atoms with van der Waals surface area (Å²) in [6, 6.07) is 17.5. The lowest BCUT2D eigenvalue weighted by atomic mass is 9.86. The molecule has 0 amide bonds. The van der Waals surface area contributed by atoms with Crippen LogP contribution in [-0.4, -0.2) is 33.2 Å². The Bertz CT molecular complexity index is 1570. The standard InChI is InChI=1S/C30H25N3O6/c1-19-6-3-4-7-22(19)17-37-25-13-23(14-26(15-25)38-18-24-12-20(2)39-33-24)28(34)30(10-5-11-32-30)27-9-8-21(16-31-27)29(35)36/h3-16H,17-18H2,1-2H3,(H,35,36). The minimum absolute atomic E-state index is 0.0117. The van der Waals surface area contributed by atoms with Gasteiger partial charge in [0, 0.05) is 30.1 Å². The number of aromatic carboxylic acids is 1. The van der Waals surface area contributed by atoms with E-state index in [1.54, 1.807) is 43.3 Å². The van der Waals surface area contributed by atoms with Crippen molar-refractivity contribution in [3.63, 3.8) is 0 Å². The molecule has 1 aliphatic heterocycles. The molecule has 1 aliphatic rings. The Morgan fingerprint density at radius 2 is 1.72 bits per heavy atom. The van der Waals surface area contributed by atoms with Gasteiger partial charge in [-0.1, -0.05) is 29.4 Å². The summed E-state index contributed by atoms with van der Waals surface area (Å²) in [5.74, 6) is 0.0189. The van der Waals surface area contributed by atoms with Gasteiger partial charge in [-0.25, -0.2) is 4.79 Å². The first-order valence-electron chi connectivity index (χ1n) is 12.2. The van der Waals surface area contributed by atoms with Crippen LogP contribution in [-0.2, 0) is 18.8 Å². The maximum Gasteiger partial charge on any atom is 0.337 e. The number of carbonyl (C=O) groups is 2. The molecule has 39 heavy (non-hydrogen) atoms. The summed E-state index contributed by atoms with van der Waals surface area (Å²) in [7, 11) is 0. The van der Waals surface area contributed by atoms with Crippen molar-refractivity contribution in [2.75, 3.05) is 0 Å². The van der Waals surface area contributed by atoms with Gasteiger partial charge in [0.05, 0.1) is 11.3 Å². The fraction of sp³-hybridized carbons (Fsp3) is 0.167. The molecule has 2 aromatic heterocycles. The lowest BCUT2D eigenvalue weighted by Gasteiger charge is -2.23. The number of hydrogen-bond donors (Lipinski definition) is 1. The first-order chi connectivity index (χ1) is 18.8. The molecule has 0 bridgehead atoms. The predicted molar refractivity (Wildman–Crippen MR) is 142 cm³/mol. The number of rotatable bonds is 10. The van der Waals surface area contributed by atoms with Crippen molar-refractivity contribution in [2.45, 2.75) is 32.6 Å². The molecule has 1 unspecified atom stereocenters. The van der Waals surface area contributed by atoms with Crippen molar-refractivity contribution in [1.29, 1.82) is 0 Å². The van der Waals surface area contributed by atoms with Gasteiger partial charge in [-0.2, -0.15) is 0 Å². The van der Waals surface area contributed by atoms with Crippen LogP contribution in [0.15, 0.2) is 88.5 Å². The average molecular weight is 524 g/mol. The number of Topliss-reactive ketones (excluding diaryl/α,β-unsaturated/α-hetero) is 1. The number of aromatic nitrogens is 2. The third-order valence-corrected chi connectivity index (χ3v) is 6.31. The molecule has 0 aliphatic carbocycles. The molecule has 0 fully saturated rings. The molecule has 2 aromatic carbocycles. The van der Waals surface area contributed by atoms with E-state index in [1.165, 1.54) is 24.5 Å². The highest BCUT2D eigenvalue weighted by molar-refractivity contribution is 6.08. The second-order valence-corrected chi connectivity index (χ2v) is 9.10. The van der Waals surface area contributed by atoms with E-state index in [2.05, 4.69) is 15.1 Å². The molecule has 4 aromatic rings. The van der Waals surface area contributed by atoms with Crippen molar-refractivity contribution in [2.24, 2.45) is 4.99 Å². The number of aliphatic imine (C=N–C) groups is 1. The second-order valence-electron chi connectivity index (χ2n) is 9.10. The summed E-state index contributed by atoms with van der Waals surface area (Å²) in [5, 5.41) is 13.2. The summed E-state index contributed by atoms with van der Waals surface area (Å²) in [6.45, 7) is 4.23. The summed E-state index contributed by atoms with van der Waals surface area (Å²) in [6.07, 6.45) is 6.03. The molecule has 9 heteroatoms. The number of allylic oxidation sites excluding steroid dienone is 1. The number of carboxylic acids is 1. The van der Waals surface area contributed by atoms with Crippen molar-refractivity contribution >= 4 is 18.0 Å². The average Bonchev–Trinajstić information content (AvgIpc) is 3.61. The SMILES string of the molecule is Cc1cc(COc2cc(OCc3ccccc3C)cc(C(=O)C3(c4ccc(C(=O)O)cn4)C=CC=N3)c2)no1. The molecule has 5 rings (SSSR count). The van der Waals surface area contributed by atoms with E-state index in [1.807, 2.05) is 31.2 Å². The highest BCUT2D eigenvalue weighted by atomic mass is 16.5. The third kappa shape index (κ3) is 5.47. The van der Waals surface area contributed by atoms with Gasteiger partial charge in [0.25, 0.3) is 0 Å². The summed E-state index contributed by atoms with van der Waals surface area (Å²) < 4.78 is 17.2. The van der Waals surface area contributed by atoms with Crippen LogP contribution >= 0.6 is 0 Å². The molecule has 1 atom stereocenters. The van der Waals surface area contributed by atoms with E-state index >= 15 is 0 Å². The quantitative estimate of drug-likeness (QED) is 0.279. The predicted octanol–water partition coefficient (Wildman–Crippen LogP) is 5.26. The van der Waals surface area contributed by atoms with Gasteiger partial charge in [0.2, 0.25) is 5.78 Å². The van der Waals surface area contributed by atoms with Gasteiger partial charge >= 0.3 is 5.97 Å². The highest BCUT2D eigenvalue weighted by Gasteiger charge is 2.41. The van der Waals surface area contributed by atoms with Gasteiger partial charge in [-0.3, -0.25) is 14.8 Å². The molecule has 1 N–H and O–H groups in total. The number of pyridine rings is 1. The van der Waals surface area contributed by atoms with Crippen molar-refractivity contribution in [3.8, 4) is 11.5 Å². The Kier molecular flexibility index (Phi) is 7.05. The molecular formula is C30H25N3O6. The highest BCUT2D eigenvalue weighted by Crippen LogP contribution is 2.35. The molecule has 0 spiro atoms. The number of carboxylic acid groups (broad SMARTS) is 1. The van der Waals surface area contributed by atoms with E-state index in [-0.39, 0.29) is 23.5 Å². The van der Waals surface area contributed by atoms with Crippen LogP contribution in [0.3, 0.4) is 0 Å². The Morgan fingerprint density at radius 1 is 0.949 bits per heavy atom. The number of aryl methyl sites for hydroxylation is 2. The normalized spacial score (nSPS) is 15.8. The lowest BCUT2D eigenvalue weighted by molar-refractivity contribution is 0.0696. The van der Waals surface area contributed by atoms with Crippen LogP contribution in [0.5, 0.6) is 11.5 Å². The Labute approximate surface area is 224 Å². The molecule has 0 saturated carbocycles. The number of nitrogens with zero attached hydrogens (tertiary/aromatic N) is 3. The van der Waals surface area contributed by atoms with Crippen molar-refractivity contribution in [1.82, 2.24) is 10.1 Å². The monoisotopic (exact) mass is 523 g/mol. The summed E-state index contributed by atoms with van der Waals surface area (Å²) in [4.78, 5) is 34.1. The van der Waals surface area contributed by atoms with E-state index in [0.717, 1.165) is 11.1 Å². The first kappa shape index (κ1) is 25.6. The minimum atomic E-state index is -1.45. The molecule has 3 heterocycles. The smallest absolute Gasteiger partial charge is 0.337 e. The molecular weight excluding hydrogens is 498 g/mol. The van der Waals surface area contributed by atoms with Gasteiger partial charge in [0.1, 0.15) is 36.2 Å². The van der Waals surface area contributed by atoms with Gasteiger partial charge < -0.3 is 19.1 Å². The van der Waals surface area contributed by atoms with Crippen molar-refractivity contribution in [3.05, 3.63) is 118 Å². The van der Waals surface area contributed by atoms with Crippen LogP contribution in [0.4, 0.5) is 0 Å². The largest absolute Gasteiger partial charge is 0.489 e. The van der Waals surface area contributed by atoms with Crippen molar-refractivity contribution < 1.29 is 28.7 Å². The zero-order valence-electron chi connectivity index (χ0n) is 21.3. The fourth-order valence-electron chi connectivity index (χ4n) is 4.20. The van der Waals surface area contributed by atoms with Crippen LogP contribution in [0, 0.1) is 13.8 Å². The van der Waals surface area contributed by atoms with Crippen LogP contribution < -0.4 is 9.47 Å². The molecule has 196 valence electrons. The zero-order valence-corrected chi connectivity index (χ0v) is 21.3. The number of benzene rings is 2. The summed E-state index contributed by atoms with van der Waals surface area (Å²) in [5.41, 5.74) is 1.85. The lowest BCUT2D eigenvalue weighted by Crippen LogP contribution is -2.32. The molecule has 0 radical (unpaired) electrons. The number of carbonyl (C=O) groups excluding carboxylic acids is 1. The maximum atomic E-state index is 14.0. The van der Waals surface area contributed by atoms with Gasteiger partial charge in [-0.15, -0.1) is 0 Å². The van der Waals surface area contributed by atoms with Gasteiger partial charge in [-0.05, 0) is 61.4 Å². The molecule has 9 nitrogen and oxygen atoms in total. The van der Waals surface area contributed by atoms with Crippen LogP contribution in [0.25, 0.3) is 0 Å². The topological polar surface area (TPSA) is 124 Å². The first-order valence-corrected chi connectivity index (χ1v) is 12.2. The molecule has 0 saturated heterocycles. The van der Waals surface area contributed by atoms with E-state index in [4.69, 9.17) is 14.0 Å². The van der Waals surface area contributed by atoms with E-state index < -0.39 is 11.5 Å². The fourth-order valence-corrected chi connectivity index (χ4v) is 4.20. The van der Waals surface area contributed by atoms with Crippen LogP contribution in [0.1, 0.15) is 49.0 Å². The third-order valence-electron chi connectivity index (χ3n) is 6.31. The Morgan fingerprint density at radius 3 is 2.33 bits per heavy atom. The second kappa shape index (κ2) is 10.7. The van der Waals surface area contributed by atoms with E-state index in [9.17, 15) is 14.7 Å². The van der Waals surface area contributed by atoms with Gasteiger partial charge in [0.15, 0.2) is 5.54 Å². The Balaban J connectivity index is 1.49. The Hall–Kier alpha value is -5.05. The minimum Gasteiger partial charge on any atom is -0.489 e. The number of hydrogen-bond acceptors (Lipinski definition) is 8. The van der Waals surface area contributed by atoms with E-state index in [0.29, 0.717) is 35.3 Å². The number of ketones is 1. The zero-order chi connectivity index (χ0) is 27.4. The maximum absolute atomic E-state index is 14.0. The number of ether oxygens (including phenoxy) is 2. The van der Waals surface area contributed by atoms with Crippen LogP contribution in [0.2, 0.25) is 0 Å². The summed E-state index contributed by atoms with van der Waals surface area (Å²) >= 11 is 0.